The first-order valence-corrected chi connectivity index (χ1v) is 12.2. The molecule has 1 fully saturated rings. The van der Waals surface area contributed by atoms with Crippen LogP contribution in [0, 0.1) is 5.82 Å². The van der Waals surface area contributed by atoms with Crippen molar-refractivity contribution in [3.05, 3.63) is 67.4 Å². The van der Waals surface area contributed by atoms with Crippen LogP contribution >= 0.6 is 0 Å². The number of imidazole rings is 1. The first-order chi connectivity index (χ1) is 18.4. The SMILES string of the molecule is C=CC(=O)Nc1cc(Nc2ncc3ncn(-c4cccc(F)c4)c3n2)c(OC)cc1N(C)C1CCN(C)C1. The lowest BCUT2D eigenvalue weighted by Crippen LogP contribution is -2.34. The van der Waals surface area contributed by atoms with Gasteiger partial charge in [-0.05, 0) is 50.4 Å². The number of likely N-dealkylation sites (tertiary alicyclic amines) is 1. The Hall–Kier alpha value is -4.51. The van der Waals surface area contributed by atoms with Gasteiger partial charge in [0.2, 0.25) is 11.9 Å². The summed E-state index contributed by atoms with van der Waals surface area (Å²) in [5, 5.41) is 6.12. The molecule has 38 heavy (non-hydrogen) atoms. The van der Waals surface area contributed by atoms with Crippen LogP contribution in [-0.4, -0.2) is 70.7 Å². The molecule has 0 bridgehead atoms. The average molecular weight is 517 g/mol. The number of hydrogen-bond donors (Lipinski definition) is 2. The second-order valence-electron chi connectivity index (χ2n) is 9.20. The third-order valence-electron chi connectivity index (χ3n) is 6.68. The van der Waals surface area contributed by atoms with E-state index in [1.807, 2.05) is 13.1 Å². The number of methoxy groups -OCH3 is 1. The Balaban J connectivity index is 1.52. The molecule has 1 aliphatic rings. The third kappa shape index (κ3) is 5.00. The summed E-state index contributed by atoms with van der Waals surface area (Å²) in [6.07, 6.45) is 5.41. The van der Waals surface area contributed by atoms with Gasteiger partial charge in [-0.2, -0.15) is 4.98 Å². The van der Waals surface area contributed by atoms with E-state index in [0.29, 0.717) is 34.0 Å². The zero-order valence-electron chi connectivity index (χ0n) is 21.5. The van der Waals surface area contributed by atoms with Gasteiger partial charge in [0.25, 0.3) is 0 Å². The molecular weight excluding hydrogens is 487 g/mol. The Morgan fingerprint density at radius 2 is 2.11 bits per heavy atom. The molecule has 3 heterocycles. The first-order valence-electron chi connectivity index (χ1n) is 12.2. The second kappa shape index (κ2) is 10.5. The maximum Gasteiger partial charge on any atom is 0.247 e. The summed E-state index contributed by atoms with van der Waals surface area (Å²) in [6, 6.07) is 10.2. The van der Waals surface area contributed by atoms with Gasteiger partial charge in [-0.15, -0.1) is 0 Å². The number of benzene rings is 2. The number of aromatic nitrogens is 4. The number of fused-ring (bicyclic) bond motifs is 1. The van der Waals surface area contributed by atoms with Gasteiger partial charge in [-0.3, -0.25) is 9.36 Å². The van der Waals surface area contributed by atoms with Crippen LogP contribution in [0.2, 0.25) is 0 Å². The molecular formula is C27H29FN8O2. The highest BCUT2D eigenvalue weighted by Gasteiger charge is 2.26. The van der Waals surface area contributed by atoms with Gasteiger partial charge in [0.15, 0.2) is 5.65 Å². The monoisotopic (exact) mass is 516 g/mol. The number of carbonyl (C=O) groups excluding carboxylic acids is 1. The minimum Gasteiger partial charge on any atom is -0.494 e. The van der Waals surface area contributed by atoms with Gasteiger partial charge < -0.3 is 25.2 Å². The van der Waals surface area contributed by atoms with E-state index in [9.17, 15) is 9.18 Å². The summed E-state index contributed by atoms with van der Waals surface area (Å²) < 4.78 is 21.2. The van der Waals surface area contributed by atoms with Crippen LogP contribution in [0.4, 0.5) is 27.4 Å². The molecule has 2 N–H and O–H groups in total. The number of nitrogens with one attached hydrogen (secondary N) is 2. The molecule has 1 atom stereocenters. The molecule has 0 aliphatic carbocycles. The fourth-order valence-electron chi connectivity index (χ4n) is 4.64. The molecule has 0 spiro atoms. The van der Waals surface area contributed by atoms with Gasteiger partial charge in [-0.1, -0.05) is 12.6 Å². The molecule has 2 aromatic carbocycles. The van der Waals surface area contributed by atoms with E-state index in [1.54, 1.807) is 42.4 Å². The lowest BCUT2D eigenvalue weighted by atomic mass is 10.1. The van der Waals surface area contributed by atoms with Crippen molar-refractivity contribution < 1.29 is 13.9 Å². The summed E-state index contributed by atoms with van der Waals surface area (Å²) in [6.45, 7) is 5.50. The van der Waals surface area contributed by atoms with Crippen LogP contribution in [0.5, 0.6) is 5.75 Å². The highest BCUT2D eigenvalue weighted by molar-refractivity contribution is 6.02. The zero-order valence-corrected chi connectivity index (χ0v) is 21.5. The molecule has 2 aromatic heterocycles. The Labute approximate surface area is 219 Å². The van der Waals surface area contributed by atoms with E-state index in [0.717, 1.165) is 25.2 Å². The first kappa shape index (κ1) is 25.2. The molecule has 0 radical (unpaired) electrons. The molecule has 1 saturated heterocycles. The second-order valence-corrected chi connectivity index (χ2v) is 9.20. The van der Waals surface area contributed by atoms with Crippen molar-refractivity contribution in [3.63, 3.8) is 0 Å². The maximum atomic E-state index is 13.8. The lowest BCUT2D eigenvalue weighted by molar-refractivity contribution is -0.111. The maximum absolute atomic E-state index is 13.8. The fraction of sp³-hybridized carbons (Fsp3) is 0.259. The van der Waals surface area contributed by atoms with Crippen LogP contribution in [0.3, 0.4) is 0 Å². The average Bonchev–Trinajstić information content (AvgIpc) is 3.54. The van der Waals surface area contributed by atoms with Crippen LogP contribution in [0.1, 0.15) is 6.42 Å². The van der Waals surface area contributed by atoms with Crippen molar-refractivity contribution in [2.75, 3.05) is 49.8 Å². The van der Waals surface area contributed by atoms with E-state index < -0.39 is 0 Å². The molecule has 196 valence electrons. The number of ether oxygens (including phenoxy) is 1. The minimum absolute atomic E-state index is 0.286. The number of anilines is 4. The molecule has 1 amide bonds. The van der Waals surface area contributed by atoms with Crippen LogP contribution in [0.15, 0.2) is 61.6 Å². The van der Waals surface area contributed by atoms with E-state index in [4.69, 9.17) is 4.74 Å². The van der Waals surface area contributed by atoms with E-state index in [1.165, 1.54) is 18.2 Å². The van der Waals surface area contributed by atoms with Gasteiger partial charge in [0, 0.05) is 25.7 Å². The Kier molecular flexibility index (Phi) is 6.93. The fourth-order valence-corrected chi connectivity index (χ4v) is 4.64. The van der Waals surface area contributed by atoms with Crippen LogP contribution < -0.4 is 20.3 Å². The van der Waals surface area contributed by atoms with E-state index >= 15 is 0 Å². The summed E-state index contributed by atoms with van der Waals surface area (Å²) in [5.41, 5.74) is 3.64. The van der Waals surface area contributed by atoms with Crippen molar-refractivity contribution in [2.45, 2.75) is 12.5 Å². The van der Waals surface area contributed by atoms with Gasteiger partial charge in [-0.25, -0.2) is 14.4 Å². The van der Waals surface area contributed by atoms with Crippen molar-refractivity contribution in [2.24, 2.45) is 0 Å². The van der Waals surface area contributed by atoms with Crippen molar-refractivity contribution in [1.29, 1.82) is 0 Å². The lowest BCUT2D eigenvalue weighted by Gasteiger charge is -2.29. The standard InChI is InChI=1S/C27H29FN8O2/c1-5-25(37)31-20-12-21(24(38-4)13-23(20)35(3)19-9-10-34(2)15-19)32-27-29-14-22-26(33-27)36(16-30-22)18-8-6-7-17(28)11-18/h5-8,11-14,16,19H,1,9-10,15H2,2-4H3,(H,31,37)(H,29,32,33). The molecule has 4 aromatic rings. The number of nitrogens with zero attached hydrogens (tertiary/aromatic N) is 6. The summed E-state index contributed by atoms with van der Waals surface area (Å²) in [4.78, 5) is 30.1. The summed E-state index contributed by atoms with van der Waals surface area (Å²) in [7, 11) is 5.69. The topological polar surface area (TPSA) is 100 Å². The Morgan fingerprint density at radius 3 is 2.82 bits per heavy atom. The molecule has 1 unspecified atom stereocenters. The predicted octanol–water partition coefficient (Wildman–Crippen LogP) is 3.97. The zero-order chi connectivity index (χ0) is 26.8. The highest BCUT2D eigenvalue weighted by Crippen LogP contribution is 2.39. The van der Waals surface area contributed by atoms with Crippen molar-refractivity contribution in [1.82, 2.24) is 24.4 Å². The molecule has 11 heteroatoms. The van der Waals surface area contributed by atoms with Crippen molar-refractivity contribution in [3.8, 4) is 11.4 Å². The van der Waals surface area contributed by atoms with Crippen LogP contribution in [-0.2, 0) is 4.79 Å². The molecule has 5 rings (SSSR count). The van der Waals surface area contributed by atoms with Gasteiger partial charge in [0.1, 0.15) is 23.4 Å². The number of halogens is 1. The van der Waals surface area contributed by atoms with Crippen LogP contribution in [0.25, 0.3) is 16.9 Å². The number of hydrogen-bond acceptors (Lipinski definition) is 8. The van der Waals surface area contributed by atoms with Gasteiger partial charge in [0.05, 0.1) is 36.1 Å². The molecule has 10 nitrogen and oxygen atoms in total. The van der Waals surface area contributed by atoms with Crippen molar-refractivity contribution >= 4 is 40.1 Å². The summed E-state index contributed by atoms with van der Waals surface area (Å²) >= 11 is 0. The third-order valence-corrected chi connectivity index (χ3v) is 6.68. The number of amides is 1. The Bertz CT molecular complexity index is 1500. The van der Waals surface area contributed by atoms with E-state index in [2.05, 4.69) is 49.0 Å². The number of rotatable bonds is 8. The smallest absolute Gasteiger partial charge is 0.247 e. The highest BCUT2D eigenvalue weighted by atomic mass is 19.1. The van der Waals surface area contributed by atoms with E-state index in [-0.39, 0.29) is 23.7 Å². The number of likely N-dealkylation sites (N-methyl/N-ethyl adjacent to an activating group) is 2. The minimum atomic E-state index is -0.357. The Morgan fingerprint density at radius 1 is 1.26 bits per heavy atom. The molecule has 0 saturated carbocycles. The van der Waals surface area contributed by atoms with Gasteiger partial charge >= 0.3 is 0 Å². The largest absolute Gasteiger partial charge is 0.494 e. The number of carbonyl (C=O) groups is 1. The quantitative estimate of drug-likeness (QED) is 0.340. The normalized spacial score (nSPS) is 15.4. The summed E-state index contributed by atoms with van der Waals surface area (Å²) in [5.74, 6) is 0.159. The molecule has 1 aliphatic heterocycles. The predicted molar refractivity (Wildman–Crippen MR) is 146 cm³/mol.